The number of carbonyl (C=O) groups is 1. The fraction of sp³-hybridized carbons (Fsp3) is 0.333. The van der Waals surface area contributed by atoms with Crippen LogP contribution >= 0.6 is 11.6 Å². The molecule has 0 bridgehead atoms. The molecule has 0 atom stereocenters. The minimum absolute atomic E-state index is 0.0301. The number of para-hydroxylation sites is 1. The van der Waals surface area contributed by atoms with Crippen LogP contribution in [0.4, 0.5) is 0 Å². The fourth-order valence-corrected chi connectivity index (χ4v) is 3.32. The normalized spacial score (nSPS) is 15.8. The zero-order valence-electron chi connectivity index (χ0n) is 10.8. The Bertz CT molecular complexity index is 745. The molecule has 0 spiro atoms. The van der Waals surface area contributed by atoms with Gasteiger partial charge < -0.3 is 9.67 Å². The summed E-state index contributed by atoms with van der Waals surface area (Å²) in [6.07, 6.45) is 3.98. The number of aromatic nitrogens is 1. The summed E-state index contributed by atoms with van der Waals surface area (Å²) < 4.78 is 1.74. The van der Waals surface area contributed by atoms with E-state index in [-0.39, 0.29) is 17.2 Å². The molecule has 2 aromatic rings. The van der Waals surface area contributed by atoms with E-state index >= 15 is 0 Å². The highest BCUT2D eigenvalue weighted by Crippen LogP contribution is 2.34. The smallest absolute Gasteiger partial charge is 0.352 e. The Morgan fingerprint density at radius 1 is 1.30 bits per heavy atom. The molecule has 1 aromatic heterocycles. The van der Waals surface area contributed by atoms with Gasteiger partial charge in [-0.2, -0.15) is 0 Å². The minimum Gasteiger partial charge on any atom is -0.477 e. The first-order valence-corrected chi connectivity index (χ1v) is 7.04. The third-order valence-corrected chi connectivity index (χ3v) is 4.23. The van der Waals surface area contributed by atoms with Crippen molar-refractivity contribution in [2.45, 2.75) is 31.7 Å². The van der Waals surface area contributed by atoms with Gasteiger partial charge in [-0.25, -0.2) is 4.79 Å². The zero-order chi connectivity index (χ0) is 14.3. The Kier molecular flexibility index (Phi) is 3.26. The number of benzene rings is 1. The number of carboxylic acid groups (broad SMARTS) is 1. The second kappa shape index (κ2) is 4.94. The first kappa shape index (κ1) is 13.2. The molecule has 1 aromatic carbocycles. The van der Waals surface area contributed by atoms with Crippen molar-refractivity contribution in [2.75, 3.05) is 0 Å². The second-order valence-corrected chi connectivity index (χ2v) is 5.55. The summed E-state index contributed by atoms with van der Waals surface area (Å²) >= 11 is 6.24. The van der Waals surface area contributed by atoms with E-state index in [2.05, 4.69) is 0 Å². The topological polar surface area (TPSA) is 59.3 Å². The summed E-state index contributed by atoms with van der Waals surface area (Å²) in [7, 11) is 0. The van der Waals surface area contributed by atoms with Gasteiger partial charge in [0.15, 0.2) is 5.43 Å². The van der Waals surface area contributed by atoms with Gasteiger partial charge in [0.25, 0.3) is 0 Å². The van der Waals surface area contributed by atoms with Crippen molar-refractivity contribution in [3.63, 3.8) is 0 Å². The molecule has 0 amide bonds. The van der Waals surface area contributed by atoms with Gasteiger partial charge in [-0.1, -0.05) is 30.5 Å². The lowest BCUT2D eigenvalue weighted by Gasteiger charge is -2.21. The number of nitrogens with zero attached hydrogens (tertiary/aromatic N) is 1. The van der Waals surface area contributed by atoms with Crippen molar-refractivity contribution in [1.29, 1.82) is 0 Å². The molecule has 0 radical (unpaired) electrons. The van der Waals surface area contributed by atoms with E-state index in [0.29, 0.717) is 15.9 Å². The van der Waals surface area contributed by atoms with E-state index in [0.717, 1.165) is 25.7 Å². The van der Waals surface area contributed by atoms with E-state index in [9.17, 15) is 14.7 Å². The summed E-state index contributed by atoms with van der Waals surface area (Å²) in [6.45, 7) is 0. The first-order valence-electron chi connectivity index (χ1n) is 6.66. The van der Waals surface area contributed by atoms with Crippen molar-refractivity contribution in [3.05, 3.63) is 45.2 Å². The standard InChI is InChI=1S/C15H14ClNO3/c16-11-7-3-6-10-13(18)8-12(15(19)20)17(14(10)11)9-4-1-2-5-9/h3,6-9H,1-2,4-5H2,(H,19,20). The van der Waals surface area contributed by atoms with E-state index in [1.807, 2.05) is 0 Å². The van der Waals surface area contributed by atoms with Crippen molar-refractivity contribution in [3.8, 4) is 0 Å². The molecule has 5 heteroatoms. The number of carboxylic acids is 1. The van der Waals surface area contributed by atoms with Crippen molar-refractivity contribution in [1.82, 2.24) is 4.57 Å². The summed E-state index contributed by atoms with van der Waals surface area (Å²) in [5.41, 5.74) is 0.280. The molecule has 1 aliphatic rings. The Hall–Kier alpha value is -1.81. The van der Waals surface area contributed by atoms with Crippen molar-refractivity contribution < 1.29 is 9.90 Å². The molecular weight excluding hydrogens is 278 g/mol. The average molecular weight is 292 g/mol. The van der Waals surface area contributed by atoms with Crippen LogP contribution < -0.4 is 5.43 Å². The number of fused-ring (bicyclic) bond motifs is 1. The SMILES string of the molecule is O=C(O)c1cc(=O)c2cccc(Cl)c2n1C1CCCC1. The lowest BCUT2D eigenvalue weighted by molar-refractivity contribution is 0.0682. The van der Waals surface area contributed by atoms with Crippen LogP contribution in [0.15, 0.2) is 29.1 Å². The number of aromatic carboxylic acids is 1. The van der Waals surface area contributed by atoms with Crippen LogP contribution in [0.25, 0.3) is 10.9 Å². The quantitative estimate of drug-likeness (QED) is 0.921. The molecule has 1 saturated carbocycles. The number of pyridine rings is 1. The molecule has 1 aliphatic carbocycles. The highest BCUT2D eigenvalue weighted by molar-refractivity contribution is 6.35. The Morgan fingerprint density at radius 3 is 2.65 bits per heavy atom. The van der Waals surface area contributed by atoms with Crippen LogP contribution in [0.5, 0.6) is 0 Å². The molecule has 0 saturated heterocycles. The second-order valence-electron chi connectivity index (χ2n) is 5.14. The molecule has 4 nitrogen and oxygen atoms in total. The van der Waals surface area contributed by atoms with E-state index in [4.69, 9.17) is 11.6 Å². The van der Waals surface area contributed by atoms with Gasteiger partial charge in [0.2, 0.25) is 0 Å². The lowest BCUT2D eigenvalue weighted by Crippen LogP contribution is -2.21. The summed E-state index contributed by atoms with van der Waals surface area (Å²) in [5.74, 6) is -1.09. The fourth-order valence-electron chi connectivity index (χ4n) is 3.06. The summed E-state index contributed by atoms with van der Waals surface area (Å²) in [4.78, 5) is 23.6. The average Bonchev–Trinajstić information content (AvgIpc) is 2.93. The van der Waals surface area contributed by atoms with E-state index in [1.165, 1.54) is 6.07 Å². The van der Waals surface area contributed by atoms with Crippen molar-refractivity contribution >= 4 is 28.5 Å². The summed E-state index contributed by atoms with van der Waals surface area (Å²) in [5, 5.41) is 10.3. The molecule has 1 N–H and O–H groups in total. The van der Waals surface area contributed by atoms with Crippen LogP contribution in [0, 0.1) is 0 Å². The van der Waals surface area contributed by atoms with Gasteiger partial charge in [0.05, 0.1) is 10.5 Å². The number of rotatable bonds is 2. The Balaban J connectivity index is 2.43. The molecular formula is C15H14ClNO3. The molecule has 1 heterocycles. The van der Waals surface area contributed by atoms with E-state index in [1.54, 1.807) is 22.8 Å². The third-order valence-electron chi connectivity index (χ3n) is 3.93. The summed E-state index contributed by atoms with van der Waals surface area (Å²) in [6, 6.07) is 6.41. The Labute approximate surface area is 120 Å². The molecule has 3 rings (SSSR count). The molecule has 20 heavy (non-hydrogen) atoms. The lowest BCUT2D eigenvalue weighted by atomic mass is 10.1. The van der Waals surface area contributed by atoms with E-state index < -0.39 is 5.97 Å². The third kappa shape index (κ3) is 2.00. The van der Waals surface area contributed by atoms with Crippen LogP contribution in [0.2, 0.25) is 5.02 Å². The van der Waals surface area contributed by atoms with Crippen LogP contribution in [0.1, 0.15) is 42.2 Å². The van der Waals surface area contributed by atoms with Gasteiger partial charge >= 0.3 is 5.97 Å². The Morgan fingerprint density at radius 2 is 2.00 bits per heavy atom. The maximum atomic E-state index is 12.1. The maximum absolute atomic E-state index is 12.1. The van der Waals surface area contributed by atoms with Gasteiger partial charge in [0.1, 0.15) is 5.69 Å². The number of hydrogen-bond donors (Lipinski definition) is 1. The predicted molar refractivity (Wildman–Crippen MR) is 77.7 cm³/mol. The van der Waals surface area contributed by atoms with Crippen LogP contribution in [0.3, 0.4) is 0 Å². The molecule has 1 fully saturated rings. The van der Waals surface area contributed by atoms with Crippen molar-refractivity contribution in [2.24, 2.45) is 0 Å². The van der Waals surface area contributed by atoms with Crippen LogP contribution in [-0.2, 0) is 0 Å². The first-order chi connectivity index (χ1) is 9.59. The van der Waals surface area contributed by atoms with Crippen LogP contribution in [-0.4, -0.2) is 15.6 Å². The van der Waals surface area contributed by atoms with Gasteiger partial charge in [-0.15, -0.1) is 0 Å². The number of hydrogen-bond acceptors (Lipinski definition) is 2. The highest BCUT2D eigenvalue weighted by Gasteiger charge is 2.24. The number of halogens is 1. The van der Waals surface area contributed by atoms with Gasteiger partial charge in [-0.3, -0.25) is 4.79 Å². The minimum atomic E-state index is -1.09. The monoisotopic (exact) mass is 291 g/mol. The largest absolute Gasteiger partial charge is 0.477 e. The maximum Gasteiger partial charge on any atom is 0.352 e. The predicted octanol–water partition coefficient (Wildman–Crippen LogP) is 3.47. The van der Waals surface area contributed by atoms with Gasteiger partial charge in [-0.05, 0) is 25.0 Å². The van der Waals surface area contributed by atoms with Gasteiger partial charge in [0, 0.05) is 17.5 Å². The molecule has 0 aliphatic heterocycles. The highest BCUT2D eigenvalue weighted by atomic mass is 35.5. The molecule has 104 valence electrons. The zero-order valence-corrected chi connectivity index (χ0v) is 11.6. The molecule has 0 unspecified atom stereocenters.